The molecule has 0 unspecified atom stereocenters. The fourth-order valence-electron chi connectivity index (χ4n) is 2.75. The van der Waals surface area contributed by atoms with E-state index in [1.54, 1.807) is 12.3 Å². The van der Waals surface area contributed by atoms with Crippen molar-refractivity contribution in [3.05, 3.63) is 85.5 Å². The standard InChI is InChI=1S/C18H18Cl2N4O2S/c19-15-4-1-13(2-5-15)11-27-12-16(24(25)26)18-21-7-8-23(18)10-14-3-6-17(20)22-9-14/h1-6,9,21H,7-8,10-12H2/b18-16+. The van der Waals surface area contributed by atoms with Crippen LogP contribution in [0.3, 0.4) is 0 Å². The van der Waals surface area contributed by atoms with E-state index in [-0.39, 0.29) is 10.6 Å². The Hall–Kier alpha value is -1.96. The number of halogens is 2. The number of nitrogens with zero attached hydrogens (tertiary/aromatic N) is 3. The molecule has 1 N–H and O–H groups in total. The highest BCUT2D eigenvalue weighted by atomic mass is 35.5. The number of thioether (sulfide) groups is 1. The summed E-state index contributed by atoms with van der Waals surface area (Å²) in [4.78, 5) is 17.4. The lowest BCUT2D eigenvalue weighted by Crippen LogP contribution is -2.24. The van der Waals surface area contributed by atoms with Gasteiger partial charge in [-0.1, -0.05) is 41.4 Å². The normalized spacial score (nSPS) is 15.6. The van der Waals surface area contributed by atoms with E-state index in [0.717, 1.165) is 11.1 Å². The minimum atomic E-state index is -0.296. The summed E-state index contributed by atoms with van der Waals surface area (Å²) in [7, 11) is 0. The van der Waals surface area contributed by atoms with Crippen molar-refractivity contribution in [1.82, 2.24) is 15.2 Å². The van der Waals surface area contributed by atoms with Gasteiger partial charge < -0.3 is 10.2 Å². The molecule has 1 aromatic carbocycles. The minimum Gasteiger partial charge on any atom is -0.365 e. The molecule has 0 amide bonds. The van der Waals surface area contributed by atoms with Gasteiger partial charge in [-0.3, -0.25) is 10.1 Å². The number of benzene rings is 1. The fourth-order valence-corrected chi connectivity index (χ4v) is 3.95. The Kier molecular flexibility index (Phi) is 6.82. The molecule has 1 saturated heterocycles. The molecule has 6 nitrogen and oxygen atoms in total. The van der Waals surface area contributed by atoms with Crippen molar-refractivity contribution in [2.45, 2.75) is 12.3 Å². The number of aromatic nitrogens is 1. The first-order valence-electron chi connectivity index (χ1n) is 8.32. The lowest BCUT2D eigenvalue weighted by Gasteiger charge is -2.19. The Morgan fingerprint density at radius 2 is 1.96 bits per heavy atom. The molecule has 0 atom stereocenters. The van der Waals surface area contributed by atoms with Crippen molar-refractivity contribution in [2.24, 2.45) is 0 Å². The summed E-state index contributed by atoms with van der Waals surface area (Å²) < 4.78 is 0. The van der Waals surface area contributed by atoms with Gasteiger partial charge in [0.2, 0.25) is 0 Å². The molecule has 2 heterocycles. The lowest BCUT2D eigenvalue weighted by atomic mass is 10.2. The Bertz CT molecular complexity index is 828. The Morgan fingerprint density at radius 3 is 2.63 bits per heavy atom. The Morgan fingerprint density at radius 1 is 1.22 bits per heavy atom. The molecular formula is C18H18Cl2N4O2S. The van der Waals surface area contributed by atoms with Crippen LogP contribution in [0, 0.1) is 10.1 Å². The molecule has 1 fully saturated rings. The molecular weight excluding hydrogens is 407 g/mol. The first-order valence-corrected chi connectivity index (χ1v) is 10.2. The smallest absolute Gasteiger partial charge is 0.295 e. The number of hydrogen-bond donors (Lipinski definition) is 1. The van der Waals surface area contributed by atoms with E-state index in [1.165, 1.54) is 11.8 Å². The topological polar surface area (TPSA) is 71.3 Å². The highest BCUT2D eigenvalue weighted by Gasteiger charge is 2.27. The number of hydrogen-bond acceptors (Lipinski definition) is 6. The molecule has 0 radical (unpaired) electrons. The molecule has 0 saturated carbocycles. The third-order valence-corrected chi connectivity index (χ3v) is 5.56. The van der Waals surface area contributed by atoms with Gasteiger partial charge >= 0.3 is 0 Å². The first kappa shape index (κ1) is 19.8. The zero-order chi connectivity index (χ0) is 19.2. The zero-order valence-corrected chi connectivity index (χ0v) is 16.7. The van der Waals surface area contributed by atoms with Gasteiger partial charge in [-0.25, -0.2) is 4.98 Å². The van der Waals surface area contributed by atoms with Gasteiger partial charge in [-0.2, -0.15) is 0 Å². The molecule has 142 valence electrons. The third kappa shape index (κ3) is 5.51. The van der Waals surface area contributed by atoms with Crippen LogP contribution in [0.2, 0.25) is 10.2 Å². The van der Waals surface area contributed by atoms with Crippen molar-refractivity contribution in [2.75, 3.05) is 18.8 Å². The number of pyridine rings is 1. The summed E-state index contributed by atoms with van der Waals surface area (Å²) in [5, 5.41) is 15.9. The number of rotatable bonds is 7. The third-order valence-electron chi connectivity index (χ3n) is 4.07. The van der Waals surface area contributed by atoms with Gasteiger partial charge in [0, 0.05) is 36.6 Å². The van der Waals surface area contributed by atoms with E-state index in [4.69, 9.17) is 23.2 Å². The molecule has 1 aliphatic heterocycles. The predicted octanol–water partition coefficient (Wildman–Crippen LogP) is 4.17. The number of nitro groups is 1. The van der Waals surface area contributed by atoms with Crippen LogP contribution in [0.5, 0.6) is 0 Å². The molecule has 1 aliphatic rings. The average Bonchev–Trinajstić information content (AvgIpc) is 3.09. The van der Waals surface area contributed by atoms with E-state index in [0.29, 0.717) is 47.1 Å². The van der Waals surface area contributed by atoms with E-state index < -0.39 is 0 Å². The van der Waals surface area contributed by atoms with Crippen LogP contribution >= 0.6 is 35.0 Å². The lowest BCUT2D eigenvalue weighted by molar-refractivity contribution is -0.425. The molecule has 9 heteroatoms. The first-order chi connectivity index (χ1) is 13.0. The highest BCUT2D eigenvalue weighted by molar-refractivity contribution is 7.98. The summed E-state index contributed by atoms with van der Waals surface area (Å²) in [5.41, 5.74) is 2.23. The summed E-state index contributed by atoms with van der Waals surface area (Å²) in [5.74, 6) is 1.58. The van der Waals surface area contributed by atoms with Crippen LogP contribution in [0.4, 0.5) is 0 Å². The molecule has 0 bridgehead atoms. The zero-order valence-electron chi connectivity index (χ0n) is 14.4. The van der Waals surface area contributed by atoms with Crippen LogP contribution in [0.1, 0.15) is 11.1 Å². The van der Waals surface area contributed by atoms with Gasteiger partial charge in [0.15, 0.2) is 5.82 Å². The van der Waals surface area contributed by atoms with Crippen molar-refractivity contribution in [3.8, 4) is 0 Å². The minimum absolute atomic E-state index is 0.188. The largest absolute Gasteiger partial charge is 0.365 e. The van der Waals surface area contributed by atoms with Gasteiger partial charge in [0.1, 0.15) is 5.15 Å². The molecule has 27 heavy (non-hydrogen) atoms. The second-order valence-electron chi connectivity index (χ2n) is 6.01. The maximum absolute atomic E-state index is 11.6. The summed E-state index contributed by atoms with van der Waals surface area (Å²) in [6.07, 6.45) is 1.69. The van der Waals surface area contributed by atoms with Crippen molar-refractivity contribution < 1.29 is 4.92 Å². The van der Waals surface area contributed by atoms with Crippen molar-refractivity contribution in [3.63, 3.8) is 0 Å². The maximum Gasteiger partial charge on any atom is 0.295 e. The van der Waals surface area contributed by atoms with Crippen LogP contribution < -0.4 is 5.32 Å². The SMILES string of the molecule is O=[N+]([O-])/C(CSCc1ccc(Cl)cc1)=C1\NCCN1Cc1ccc(Cl)nc1. The maximum atomic E-state index is 11.6. The van der Waals surface area contributed by atoms with Crippen LogP contribution in [-0.4, -0.2) is 33.6 Å². The van der Waals surface area contributed by atoms with Gasteiger partial charge in [-0.15, -0.1) is 11.8 Å². The van der Waals surface area contributed by atoms with Crippen LogP contribution in [-0.2, 0) is 12.3 Å². The van der Waals surface area contributed by atoms with Crippen molar-refractivity contribution in [1.29, 1.82) is 0 Å². The second kappa shape index (κ2) is 9.30. The molecule has 0 aliphatic carbocycles. The molecule has 2 aromatic rings. The summed E-state index contributed by atoms with van der Waals surface area (Å²) in [6.45, 7) is 1.93. The van der Waals surface area contributed by atoms with Gasteiger partial charge in [0.05, 0.1) is 10.7 Å². The molecule has 0 spiro atoms. The Balaban J connectivity index is 1.68. The quantitative estimate of drug-likeness (QED) is 0.408. The van der Waals surface area contributed by atoms with E-state index in [1.807, 2.05) is 35.2 Å². The second-order valence-corrected chi connectivity index (χ2v) is 7.82. The van der Waals surface area contributed by atoms with E-state index in [9.17, 15) is 10.1 Å². The summed E-state index contributed by atoms with van der Waals surface area (Å²) >= 11 is 13.2. The summed E-state index contributed by atoms with van der Waals surface area (Å²) in [6, 6.07) is 11.1. The fraction of sp³-hybridized carbons (Fsp3) is 0.278. The molecule has 3 rings (SSSR count). The highest BCUT2D eigenvalue weighted by Crippen LogP contribution is 2.23. The van der Waals surface area contributed by atoms with Crippen LogP contribution in [0.25, 0.3) is 0 Å². The average molecular weight is 425 g/mol. The van der Waals surface area contributed by atoms with Gasteiger partial charge in [0.25, 0.3) is 5.70 Å². The van der Waals surface area contributed by atoms with Crippen LogP contribution in [0.15, 0.2) is 54.1 Å². The predicted molar refractivity (Wildman–Crippen MR) is 109 cm³/mol. The molecule has 1 aromatic heterocycles. The number of nitrogens with one attached hydrogen (secondary N) is 1. The van der Waals surface area contributed by atoms with E-state index >= 15 is 0 Å². The van der Waals surface area contributed by atoms with Gasteiger partial charge in [-0.05, 0) is 29.3 Å². The monoisotopic (exact) mass is 424 g/mol. The Labute approximate surface area is 171 Å². The van der Waals surface area contributed by atoms with E-state index in [2.05, 4.69) is 10.3 Å². The van der Waals surface area contributed by atoms with Crippen molar-refractivity contribution >= 4 is 35.0 Å².